The molecular formula is C16H10ClNO3S. The van der Waals surface area contributed by atoms with Crippen molar-refractivity contribution in [3.8, 4) is 0 Å². The van der Waals surface area contributed by atoms with Gasteiger partial charge in [0.05, 0.1) is 15.6 Å². The van der Waals surface area contributed by atoms with Crippen LogP contribution in [0.4, 0.5) is 0 Å². The van der Waals surface area contributed by atoms with Gasteiger partial charge in [0.1, 0.15) is 0 Å². The lowest BCUT2D eigenvalue weighted by Crippen LogP contribution is -2.16. The van der Waals surface area contributed by atoms with Gasteiger partial charge in [0.2, 0.25) is 5.78 Å². The molecule has 2 aromatic rings. The summed E-state index contributed by atoms with van der Waals surface area (Å²) in [4.78, 5) is 12.1. The number of fused-ring (bicyclic) bond motifs is 1. The Morgan fingerprint density at radius 1 is 0.864 bits per heavy atom. The average molecular weight is 332 g/mol. The highest BCUT2D eigenvalue weighted by Crippen LogP contribution is 2.25. The van der Waals surface area contributed by atoms with Gasteiger partial charge < -0.3 is 0 Å². The number of benzene rings is 2. The number of hydrogen-bond donors (Lipinski definition) is 0. The first kappa shape index (κ1) is 14.7. The highest BCUT2D eigenvalue weighted by Gasteiger charge is 2.24. The van der Waals surface area contributed by atoms with Crippen molar-refractivity contribution >= 4 is 33.1 Å². The van der Waals surface area contributed by atoms with E-state index in [1.165, 1.54) is 18.2 Å². The molecule has 0 radical (unpaired) electrons. The van der Waals surface area contributed by atoms with Crippen LogP contribution in [-0.4, -0.2) is 19.9 Å². The molecule has 0 heterocycles. The van der Waals surface area contributed by atoms with Gasteiger partial charge in [-0.3, -0.25) is 4.79 Å². The van der Waals surface area contributed by atoms with Crippen molar-refractivity contribution < 1.29 is 13.2 Å². The summed E-state index contributed by atoms with van der Waals surface area (Å²) in [6, 6.07) is 14.5. The molecule has 1 aliphatic rings. The van der Waals surface area contributed by atoms with Crippen molar-refractivity contribution in [2.45, 2.75) is 4.90 Å². The van der Waals surface area contributed by atoms with E-state index in [4.69, 9.17) is 11.6 Å². The normalized spacial score (nSPS) is 16.3. The summed E-state index contributed by atoms with van der Waals surface area (Å²) in [5.41, 5.74) is 0.956. The summed E-state index contributed by atoms with van der Waals surface area (Å²) < 4.78 is 28.5. The lowest BCUT2D eigenvalue weighted by atomic mass is 9.94. The van der Waals surface area contributed by atoms with Crippen molar-refractivity contribution in [2.75, 3.05) is 0 Å². The maximum absolute atomic E-state index is 12.4. The van der Waals surface area contributed by atoms with Crippen LogP contribution < -0.4 is 0 Å². The Kier molecular flexibility index (Phi) is 3.68. The summed E-state index contributed by atoms with van der Waals surface area (Å²) in [5.74, 6) is -0.340. The van der Waals surface area contributed by atoms with Crippen LogP contribution >= 0.6 is 11.6 Å². The van der Waals surface area contributed by atoms with Crippen molar-refractivity contribution in [2.24, 2.45) is 4.40 Å². The third-order valence-corrected chi connectivity index (χ3v) is 4.77. The van der Waals surface area contributed by atoms with E-state index in [1.54, 1.807) is 42.5 Å². The maximum Gasteiger partial charge on any atom is 0.282 e. The van der Waals surface area contributed by atoms with Crippen LogP contribution in [0, 0.1) is 0 Å². The van der Waals surface area contributed by atoms with E-state index in [-0.39, 0.29) is 21.4 Å². The minimum Gasteiger partial charge on any atom is -0.288 e. The molecule has 0 unspecified atom stereocenters. The van der Waals surface area contributed by atoms with Crippen LogP contribution in [0.3, 0.4) is 0 Å². The lowest BCUT2D eigenvalue weighted by Gasteiger charge is -2.13. The Morgan fingerprint density at radius 2 is 1.45 bits per heavy atom. The molecule has 110 valence electrons. The number of halogens is 1. The molecule has 0 aliphatic heterocycles. The van der Waals surface area contributed by atoms with Crippen molar-refractivity contribution in [3.05, 3.63) is 76.8 Å². The summed E-state index contributed by atoms with van der Waals surface area (Å²) >= 11 is 5.90. The van der Waals surface area contributed by atoms with E-state index in [1.807, 2.05) is 0 Å². The molecule has 0 aromatic heterocycles. The van der Waals surface area contributed by atoms with Gasteiger partial charge in [-0.05, 0) is 18.2 Å². The van der Waals surface area contributed by atoms with Gasteiger partial charge in [0.25, 0.3) is 10.0 Å². The maximum atomic E-state index is 12.4. The van der Waals surface area contributed by atoms with Gasteiger partial charge in [0.15, 0.2) is 0 Å². The highest BCUT2D eigenvalue weighted by molar-refractivity contribution is 7.90. The molecule has 0 spiro atoms. The molecule has 6 heteroatoms. The predicted molar refractivity (Wildman–Crippen MR) is 84.9 cm³/mol. The van der Waals surface area contributed by atoms with Crippen molar-refractivity contribution in [1.29, 1.82) is 0 Å². The van der Waals surface area contributed by atoms with Gasteiger partial charge in [-0.1, -0.05) is 54.1 Å². The first-order valence-corrected chi connectivity index (χ1v) is 8.22. The summed E-state index contributed by atoms with van der Waals surface area (Å²) in [6.45, 7) is 0. The number of Topliss-reactive ketones (excluding diaryl/α,β-unsaturated/α-hetero) is 1. The number of ketones is 1. The van der Waals surface area contributed by atoms with Gasteiger partial charge in [-0.2, -0.15) is 12.8 Å². The second-order valence-corrected chi connectivity index (χ2v) is 6.64. The average Bonchev–Trinajstić information content (AvgIpc) is 2.53. The predicted octanol–water partition coefficient (Wildman–Crippen LogP) is 3.18. The van der Waals surface area contributed by atoms with Gasteiger partial charge in [0, 0.05) is 11.1 Å². The SMILES string of the molecule is O=C1C(Cl)=C/C(=N\S(=O)(=O)c2ccccc2)c2ccccc21. The molecule has 0 bridgehead atoms. The Labute approximate surface area is 132 Å². The molecule has 0 fully saturated rings. The Hall–Kier alpha value is -2.24. The molecule has 0 saturated heterocycles. The van der Waals surface area contributed by atoms with Gasteiger partial charge in [-0.25, -0.2) is 0 Å². The summed E-state index contributed by atoms with van der Waals surface area (Å²) in [6.07, 6.45) is 1.28. The second kappa shape index (κ2) is 5.51. The van der Waals surface area contributed by atoms with Crippen LogP contribution in [0.25, 0.3) is 0 Å². The first-order valence-electron chi connectivity index (χ1n) is 6.40. The first-order chi connectivity index (χ1) is 10.5. The fraction of sp³-hybridized carbons (Fsp3) is 0. The smallest absolute Gasteiger partial charge is 0.282 e. The molecular weight excluding hydrogens is 322 g/mol. The minimum absolute atomic E-state index is 0.0549. The quantitative estimate of drug-likeness (QED) is 0.849. The van der Waals surface area contributed by atoms with Crippen LogP contribution in [0.1, 0.15) is 15.9 Å². The molecule has 0 N–H and O–H groups in total. The molecule has 4 nitrogen and oxygen atoms in total. The third-order valence-electron chi connectivity index (χ3n) is 3.19. The number of rotatable bonds is 2. The zero-order chi connectivity index (χ0) is 15.7. The van der Waals surface area contributed by atoms with Crippen molar-refractivity contribution in [1.82, 2.24) is 0 Å². The third kappa shape index (κ3) is 2.61. The van der Waals surface area contributed by atoms with Crippen LogP contribution in [0.15, 0.2) is 75.0 Å². The van der Waals surface area contributed by atoms with E-state index >= 15 is 0 Å². The second-order valence-electron chi connectivity index (χ2n) is 4.63. The van der Waals surface area contributed by atoms with Crippen LogP contribution in [0.2, 0.25) is 0 Å². The lowest BCUT2D eigenvalue weighted by molar-refractivity contribution is 0.104. The number of hydrogen-bond acceptors (Lipinski definition) is 3. The van der Waals surface area contributed by atoms with Crippen LogP contribution in [0.5, 0.6) is 0 Å². The monoisotopic (exact) mass is 331 g/mol. The van der Waals surface area contributed by atoms with Crippen molar-refractivity contribution in [3.63, 3.8) is 0 Å². The van der Waals surface area contributed by atoms with E-state index in [0.717, 1.165) is 0 Å². The zero-order valence-corrected chi connectivity index (χ0v) is 12.8. The number of sulfonamides is 1. The Balaban J connectivity index is 2.18. The fourth-order valence-corrected chi connectivity index (χ4v) is 3.37. The fourth-order valence-electron chi connectivity index (χ4n) is 2.15. The molecule has 22 heavy (non-hydrogen) atoms. The van der Waals surface area contributed by atoms with E-state index in [9.17, 15) is 13.2 Å². The minimum atomic E-state index is -3.87. The molecule has 0 saturated carbocycles. The van der Waals surface area contributed by atoms with Crippen LogP contribution in [-0.2, 0) is 10.0 Å². The number of carbonyl (C=O) groups excluding carboxylic acids is 1. The largest absolute Gasteiger partial charge is 0.288 e. The standard InChI is InChI=1S/C16H10ClNO3S/c17-14-10-15(12-8-4-5-9-13(12)16(14)19)18-22(20,21)11-6-2-1-3-7-11/h1-10H/b18-15+. The number of nitrogens with zero attached hydrogens (tertiary/aromatic N) is 1. The zero-order valence-electron chi connectivity index (χ0n) is 11.2. The molecule has 1 aliphatic carbocycles. The molecule has 0 atom stereocenters. The Bertz CT molecular complexity index is 915. The number of allylic oxidation sites excluding steroid dienone is 2. The molecule has 0 amide bonds. The molecule has 2 aromatic carbocycles. The van der Waals surface area contributed by atoms with E-state index < -0.39 is 10.0 Å². The van der Waals surface area contributed by atoms with E-state index in [2.05, 4.69) is 4.40 Å². The van der Waals surface area contributed by atoms with E-state index in [0.29, 0.717) is 11.1 Å². The number of carbonyl (C=O) groups is 1. The summed E-state index contributed by atoms with van der Waals surface area (Å²) in [7, 11) is -3.87. The van der Waals surface area contributed by atoms with Gasteiger partial charge in [-0.15, -0.1) is 0 Å². The van der Waals surface area contributed by atoms with Gasteiger partial charge >= 0.3 is 0 Å². The topological polar surface area (TPSA) is 63.6 Å². The molecule has 3 rings (SSSR count). The highest BCUT2D eigenvalue weighted by atomic mass is 35.5. The summed E-state index contributed by atoms with van der Waals surface area (Å²) in [5, 5.41) is -0.0549. The Morgan fingerprint density at radius 3 is 2.14 bits per heavy atom.